The number of carbonyl (C=O) groups is 1. The number of hydrogen-bond acceptors (Lipinski definition) is 5. The maximum atomic E-state index is 12.5. The van der Waals surface area contributed by atoms with Crippen LogP contribution in [-0.4, -0.2) is 26.4 Å². The van der Waals surface area contributed by atoms with Gasteiger partial charge >= 0.3 is 0 Å². The predicted molar refractivity (Wildman–Crippen MR) is 100 cm³/mol. The zero-order valence-corrected chi connectivity index (χ0v) is 15.2. The van der Waals surface area contributed by atoms with Crippen molar-refractivity contribution in [1.29, 1.82) is 0 Å². The van der Waals surface area contributed by atoms with Gasteiger partial charge in [-0.3, -0.25) is 15.2 Å². The Morgan fingerprint density at radius 2 is 1.74 bits per heavy atom. The molecular weight excluding hydrogens is 366 g/mol. The lowest BCUT2D eigenvalue weighted by atomic mass is 10.1. The van der Waals surface area contributed by atoms with E-state index in [9.17, 15) is 13.2 Å². The minimum Gasteiger partial charge on any atom is -0.497 e. The van der Waals surface area contributed by atoms with Gasteiger partial charge in [0.2, 0.25) is 0 Å². The molecule has 8 heteroatoms. The predicted octanol–water partition coefficient (Wildman–Crippen LogP) is 2.38. The van der Waals surface area contributed by atoms with Crippen LogP contribution >= 0.6 is 0 Å². The minimum absolute atomic E-state index is 0.0464. The molecule has 7 nitrogen and oxygen atoms in total. The molecule has 0 spiro atoms. The van der Waals surface area contributed by atoms with Crippen LogP contribution in [0.3, 0.4) is 0 Å². The van der Waals surface area contributed by atoms with Crippen LogP contribution in [0.25, 0.3) is 11.3 Å². The number of ether oxygens (including phenoxy) is 1. The summed E-state index contributed by atoms with van der Waals surface area (Å²) in [7, 11) is -2.38. The van der Waals surface area contributed by atoms with Gasteiger partial charge in [0, 0.05) is 17.3 Å². The zero-order chi connectivity index (χ0) is 19.3. The third-order valence-corrected chi connectivity index (χ3v) is 4.98. The number of pyridine rings is 1. The summed E-state index contributed by atoms with van der Waals surface area (Å²) in [4.78, 5) is 18.8. The Morgan fingerprint density at radius 1 is 1.00 bits per heavy atom. The van der Waals surface area contributed by atoms with E-state index in [-0.39, 0.29) is 10.5 Å². The number of methoxy groups -OCH3 is 1. The molecule has 1 aromatic heterocycles. The molecule has 0 unspecified atom stereocenters. The van der Waals surface area contributed by atoms with Crippen LogP contribution in [0.15, 0.2) is 77.8 Å². The average Bonchev–Trinajstić information content (AvgIpc) is 2.73. The number of benzene rings is 2. The second-order valence-corrected chi connectivity index (χ2v) is 7.22. The summed E-state index contributed by atoms with van der Waals surface area (Å²) in [6.07, 6.45) is 1.64. The highest BCUT2D eigenvalue weighted by molar-refractivity contribution is 7.89. The summed E-state index contributed by atoms with van der Waals surface area (Å²) in [5.41, 5.74) is 3.78. The Morgan fingerprint density at radius 3 is 2.41 bits per heavy atom. The standard InChI is InChI=1S/C19H17N3O4S/c1-26-16-12-14(18-9-5-6-10-20-18)11-15(13-16)19(23)21-22-27(24,25)17-7-3-2-4-8-17/h2-13,22H,1H3,(H,21,23). The van der Waals surface area contributed by atoms with Gasteiger partial charge < -0.3 is 4.74 Å². The van der Waals surface area contributed by atoms with Gasteiger partial charge in [0.25, 0.3) is 15.9 Å². The number of nitrogens with zero attached hydrogens (tertiary/aromatic N) is 1. The van der Waals surface area contributed by atoms with Gasteiger partial charge in [-0.05, 0) is 42.5 Å². The van der Waals surface area contributed by atoms with Crippen molar-refractivity contribution in [2.45, 2.75) is 4.90 Å². The van der Waals surface area contributed by atoms with Crippen molar-refractivity contribution in [3.8, 4) is 17.0 Å². The summed E-state index contributed by atoms with van der Waals surface area (Å²) in [5.74, 6) is -0.167. The van der Waals surface area contributed by atoms with Gasteiger partial charge in [-0.2, -0.15) is 0 Å². The van der Waals surface area contributed by atoms with Gasteiger partial charge in [-0.1, -0.05) is 24.3 Å². The van der Waals surface area contributed by atoms with Crippen molar-refractivity contribution in [1.82, 2.24) is 15.2 Å². The van der Waals surface area contributed by atoms with Gasteiger partial charge in [0.15, 0.2) is 0 Å². The number of hydrogen-bond donors (Lipinski definition) is 2. The van der Waals surface area contributed by atoms with Crippen LogP contribution in [0.4, 0.5) is 0 Å². The van der Waals surface area contributed by atoms with Crippen molar-refractivity contribution >= 4 is 15.9 Å². The van der Waals surface area contributed by atoms with E-state index in [1.54, 1.807) is 48.7 Å². The van der Waals surface area contributed by atoms with Crippen LogP contribution in [0.5, 0.6) is 5.75 Å². The molecule has 0 aliphatic heterocycles. The van der Waals surface area contributed by atoms with E-state index >= 15 is 0 Å². The topological polar surface area (TPSA) is 97.4 Å². The minimum atomic E-state index is -3.87. The Bertz CT molecular complexity index is 1040. The van der Waals surface area contributed by atoms with Crippen molar-refractivity contribution < 1.29 is 17.9 Å². The second kappa shape index (κ2) is 7.98. The monoisotopic (exact) mass is 383 g/mol. The Labute approximate surface area is 157 Å². The molecule has 0 atom stereocenters. The smallest absolute Gasteiger partial charge is 0.266 e. The van der Waals surface area contributed by atoms with E-state index in [0.717, 1.165) is 0 Å². The molecule has 138 valence electrons. The third-order valence-electron chi connectivity index (χ3n) is 3.72. The normalized spacial score (nSPS) is 11.0. The lowest BCUT2D eigenvalue weighted by Crippen LogP contribution is -2.41. The van der Waals surface area contributed by atoms with Crippen molar-refractivity contribution in [2.75, 3.05) is 7.11 Å². The molecule has 0 fully saturated rings. The maximum absolute atomic E-state index is 12.5. The maximum Gasteiger partial charge on any atom is 0.266 e. The summed E-state index contributed by atoms with van der Waals surface area (Å²) in [5, 5.41) is 0. The molecule has 0 aliphatic carbocycles. The second-order valence-electron chi connectivity index (χ2n) is 5.54. The highest BCUT2D eigenvalue weighted by atomic mass is 32.2. The fourth-order valence-electron chi connectivity index (χ4n) is 2.37. The van der Waals surface area contributed by atoms with Gasteiger partial charge in [-0.15, -0.1) is 4.83 Å². The molecule has 1 heterocycles. The Kier molecular flexibility index (Phi) is 5.49. The van der Waals surface area contributed by atoms with Gasteiger partial charge in [0.05, 0.1) is 17.7 Å². The summed E-state index contributed by atoms with van der Waals surface area (Å²) >= 11 is 0. The van der Waals surface area contributed by atoms with E-state index in [2.05, 4.69) is 15.2 Å². The number of nitrogens with one attached hydrogen (secondary N) is 2. The van der Waals surface area contributed by atoms with E-state index < -0.39 is 15.9 Å². The van der Waals surface area contributed by atoms with E-state index in [1.165, 1.54) is 25.3 Å². The zero-order valence-electron chi connectivity index (χ0n) is 14.4. The van der Waals surface area contributed by atoms with Crippen LogP contribution in [-0.2, 0) is 10.0 Å². The van der Waals surface area contributed by atoms with Crippen LogP contribution in [0, 0.1) is 0 Å². The lowest BCUT2D eigenvalue weighted by Gasteiger charge is -2.11. The largest absolute Gasteiger partial charge is 0.497 e. The molecule has 0 radical (unpaired) electrons. The van der Waals surface area contributed by atoms with Crippen molar-refractivity contribution in [2.24, 2.45) is 0 Å². The van der Waals surface area contributed by atoms with Crippen LogP contribution < -0.4 is 15.0 Å². The van der Waals surface area contributed by atoms with E-state index in [1.807, 2.05) is 6.07 Å². The molecule has 0 bridgehead atoms. The molecule has 27 heavy (non-hydrogen) atoms. The highest BCUT2D eigenvalue weighted by Crippen LogP contribution is 2.24. The molecule has 2 N–H and O–H groups in total. The average molecular weight is 383 g/mol. The van der Waals surface area contributed by atoms with Crippen LogP contribution in [0.2, 0.25) is 0 Å². The molecule has 3 aromatic rings. The molecule has 2 aromatic carbocycles. The van der Waals surface area contributed by atoms with Crippen molar-refractivity contribution in [3.05, 3.63) is 78.5 Å². The summed E-state index contributed by atoms with van der Waals surface area (Å²) in [6.45, 7) is 0. The molecule has 0 aliphatic rings. The third kappa shape index (κ3) is 4.49. The quantitative estimate of drug-likeness (QED) is 0.637. The lowest BCUT2D eigenvalue weighted by molar-refractivity contribution is 0.0945. The Hall–Kier alpha value is -3.23. The van der Waals surface area contributed by atoms with Crippen molar-refractivity contribution in [3.63, 3.8) is 0 Å². The number of sulfonamides is 1. The summed E-state index contributed by atoms with van der Waals surface area (Å²) in [6, 6.07) is 18.0. The molecule has 3 rings (SSSR count). The summed E-state index contributed by atoms with van der Waals surface area (Å²) < 4.78 is 29.7. The van der Waals surface area contributed by atoms with Gasteiger partial charge in [0.1, 0.15) is 5.75 Å². The number of carbonyl (C=O) groups excluding carboxylic acids is 1. The van der Waals surface area contributed by atoms with E-state index in [4.69, 9.17) is 4.74 Å². The molecule has 0 saturated carbocycles. The SMILES string of the molecule is COc1cc(C(=O)NNS(=O)(=O)c2ccccc2)cc(-c2ccccn2)c1. The first-order chi connectivity index (χ1) is 13.0. The number of hydrazine groups is 1. The molecule has 1 amide bonds. The van der Waals surface area contributed by atoms with Gasteiger partial charge in [-0.25, -0.2) is 8.42 Å². The molecular formula is C19H17N3O4S. The first kappa shape index (κ1) is 18.6. The molecule has 0 saturated heterocycles. The fourth-order valence-corrected chi connectivity index (χ4v) is 3.23. The van der Waals surface area contributed by atoms with Crippen LogP contribution in [0.1, 0.15) is 10.4 Å². The Balaban J connectivity index is 1.82. The fraction of sp³-hybridized carbons (Fsp3) is 0.0526. The first-order valence-electron chi connectivity index (χ1n) is 7.97. The number of amides is 1. The van der Waals surface area contributed by atoms with E-state index in [0.29, 0.717) is 17.0 Å². The highest BCUT2D eigenvalue weighted by Gasteiger charge is 2.16. The number of aromatic nitrogens is 1. The number of rotatable bonds is 6. The first-order valence-corrected chi connectivity index (χ1v) is 9.45.